The fraction of sp³-hybridized carbons (Fsp3) is 0.333. The van der Waals surface area contributed by atoms with Crippen molar-refractivity contribution in [2.45, 2.75) is 32.6 Å². The fourth-order valence-corrected chi connectivity index (χ4v) is 4.28. The predicted octanol–water partition coefficient (Wildman–Crippen LogP) is 5.69. The fourth-order valence-electron chi connectivity index (χ4n) is 3.28. The summed E-state index contributed by atoms with van der Waals surface area (Å²) in [5.41, 5.74) is 3.08. The maximum absolute atomic E-state index is 11.7. The molecule has 6 heteroatoms. The molecule has 5 nitrogen and oxygen atoms in total. The zero-order valence-electron chi connectivity index (χ0n) is 17.6. The van der Waals surface area contributed by atoms with Crippen LogP contribution in [0.15, 0.2) is 54.6 Å². The number of carboxylic acids is 1. The Hall–Kier alpha value is -2.86. The molecular weight excluding hydrogens is 396 g/mol. The molecule has 3 aromatic rings. The monoisotopic (exact) mass is 424 g/mol. The Morgan fingerprint density at radius 1 is 1.17 bits per heavy atom. The molecule has 1 aromatic heterocycles. The topological polar surface area (TPSA) is 71.5 Å². The molecule has 0 fully saturated rings. The molecule has 0 aliphatic rings. The lowest BCUT2D eigenvalue weighted by molar-refractivity contribution is -0.141. The first-order valence-electron chi connectivity index (χ1n) is 10.1. The van der Waals surface area contributed by atoms with E-state index >= 15 is 0 Å². The van der Waals surface area contributed by atoms with E-state index in [9.17, 15) is 9.90 Å². The van der Waals surface area contributed by atoms with Gasteiger partial charge in [-0.3, -0.25) is 4.79 Å². The summed E-state index contributed by atoms with van der Waals surface area (Å²) in [6, 6.07) is 17.8. The number of anilines is 1. The first-order valence-corrected chi connectivity index (χ1v) is 10.9. The van der Waals surface area contributed by atoms with E-state index in [4.69, 9.17) is 9.72 Å². The minimum absolute atomic E-state index is 0.313. The molecule has 3 rings (SSSR count). The number of rotatable bonds is 10. The summed E-state index contributed by atoms with van der Waals surface area (Å²) in [5.74, 6) is -0.159. The molecule has 0 aliphatic carbocycles. The molecule has 0 amide bonds. The van der Waals surface area contributed by atoms with Gasteiger partial charge in [0.15, 0.2) is 5.13 Å². The highest BCUT2D eigenvalue weighted by molar-refractivity contribution is 7.16. The van der Waals surface area contributed by atoms with Gasteiger partial charge in [-0.2, -0.15) is 0 Å². The van der Waals surface area contributed by atoms with E-state index in [1.54, 1.807) is 18.4 Å². The lowest BCUT2D eigenvalue weighted by atomic mass is 9.99. The SMILES string of the molecule is COc1cccc(-c2nc(NCC(CCc3ccccc3)C(=O)O)sc2C(C)C)c1. The third-order valence-electron chi connectivity index (χ3n) is 4.99. The van der Waals surface area contributed by atoms with E-state index in [0.29, 0.717) is 18.9 Å². The van der Waals surface area contributed by atoms with Crippen LogP contribution in [0.5, 0.6) is 5.75 Å². The first-order chi connectivity index (χ1) is 14.5. The molecule has 1 atom stereocenters. The minimum atomic E-state index is -0.785. The molecule has 0 radical (unpaired) electrons. The quantitative estimate of drug-likeness (QED) is 0.438. The van der Waals surface area contributed by atoms with Gasteiger partial charge < -0.3 is 15.2 Å². The summed E-state index contributed by atoms with van der Waals surface area (Å²) in [7, 11) is 1.65. The number of nitrogens with one attached hydrogen (secondary N) is 1. The zero-order valence-corrected chi connectivity index (χ0v) is 18.4. The van der Waals surface area contributed by atoms with Crippen molar-refractivity contribution in [2.24, 2.45) is 5.92 Å². The number of ether oxygens (including phenoxy) is 1. The van der Waals surface area contributed by atoms with Crippen molar-refractivity contribution in [1.29, 1.82) is 0 Å². The van der Waals surface area contributed by atoms with Crippen molar-refractivity contribution in [3.05, 3.63) is 65.0 Å². The van der Waals surface area contributed by atoms with Crippen LogP contribution in [0.25, 0.3) is 11.3 Å². The first kappa shape index (κ1) is 21.8. The summed E-state index contributed by atoms with van der Waals surface area (Å²) in [6.07, 6.45) is 1.32. The lowest BCUT2D eigenvalue weighted by Gasteiger charge is -2.12. The molecular formula is C24H28N2O3S. The van der Waals surface area contributed by atoms with Crippen molar-refractivity contribution in [3.8, 4) is 17.0 Å². The number of thiazole rings is 1. The Balaban J connectivity index is 1.72. The van der Waals surface area contributed by atoms with Crippen molar-refractivity contribution < 1.29 is 14.6 Å². The highest BCUT2D eigenvalue weighted by atomic mass is 32.1. The smallest absolute Gasteiger partial charge is 0.308 e. The van der Waals surface area contributed by atoms with Gasteiger partial charge in [0.1, 0.15) is 5.75 Å². The molecule has 2 N–H and O–H groups in total. The van der Waals surface area contributed by atoms with Gasteiger partial charge in [0.05, 0.1) is 18.7 Å². The number of aromatic nitrogens is 1. The van der Waals surface area contributed by atoms with E-state index in [1.807, 2.05) is 54.6 Å². The molecule has 0 spiro atoms. The van der Waals surface area contributed by atoms with Crippen LogP contribution in [0.1, 0.15) is 36.6 Å². The van der Waals surface area contributed by atoms with Crippen molar-refractivity contribution >= 4 is 22.4 Å². The van der Waals surface area contributed by atoms with Gasteiger partial charge >= 0.3 is 5.97 Å². The van der Waals surface area contributed by atoms with E-state index in [0.717, 1.165) is 34.1 Å². The average molecular weight is 425 g/mol. The molecule has 158 valence electrons. The molecule has 1 heterocycles. The Morgan fingerprint density at radius 2 is 1.93 bits per heavy atom. The second-order valence-corrected chi connectivity index (χ2v) is 8.59. The summed E-state index contributed by atoms with van der Waals surface area (Å²) >= 11 is 1.59. The lowest BCUT2D eigenvalue weighted by Crippen LogP contribution is -2.23. The largest absolute Gasteiger partial charge is 0.497 e. The van der Waals surface area contributed by atoms with Crippen LogP contribution in [0.4, 0.5) is 5.13 Å². The standard InChI is InChI=1S/C24H28N2O3S/c1-16(2)22-21(18-10-7-11-20(14-18)29-3)26-24(30-22)25-15-19(23(27)28)13-12-17-8-5-4-6-9-17/h4-11,14,16,19H,12-13,15H2,1-3H3,(H,25,26)(H,27,28). The summed E-state index contributed by atoms with van der Waals surface area (Å²) in [5, 5.41) is 13.7. The van der Waals surface area contributed by atoms with E-state index in [1.165, 1.54) is 4.88 Å². The number of hydrogen-bond donors (Lipinski definition) is 2. The number of hydrogen-bond acceptors (Lipinski definition) is 5. The second-order valence-electron chi connectivity index (χ2n) is 7.56. The number of carbonyl (C=O) groups is 1. The van der Waals surface area contributed by atoms with Crippen LogP contribution in [-0.4, -0.2) is 29.7 Å². The van der Waals surface area contributed by atoms with Gasteiger partial charge in [0.2, 0.25) is 0 Å². The molecule has 0 bridgehead atoms. The van der Waals surface area contributed by atoms with Gasteiger partial charge in [-0.1, -0.05) is 56.3 Å². The molecule has 0 saturated heterocycles. The second kappa shape index (κ2) is 10.3. The van der Waals surface area contributed by atoms with E-state index < -0.39 is 11.9 Å². The Morgan fingerprint density at radius 3 is 2.60 bits per heavy atom. The van der Waals surface area contributed by atoms with Gasteiger partial charge in [0, 0.05) is 17.0 Å². The summed E-state index contributed by atoms with van der Waals surface area (Å²) < 4.78 is 5.35. The molecule has 0 saturated carbocycles. The predicted molar refractivity (Wildman–Crippen MR) is 123 cm³/mol. The van der Waals surface area contributed by atoms with Gasteiger partial charge in [-0.15, -0.1) is 11.3 Å². The number of nitrogens with zero attached hydrogens (tertiary/aromatic N) is 1. The summed E-state index contributed by atoms with van der Waals surface area (Å²) in [4.78, 5) is 17.7. The van der Waals surface area contributed by atoms with Crippen molar-refractivity contribution in [2.75, 3.05) is 19.0 Å². The van der Waals surface area contributed by atoms with Crippen LogP contribution >= 0.6 is 11.3 Å². The van der Waals surface area contributed by atoms with Crippen LogP contribution < -0.4 is 10.1 Å². The highest BCUT2D eigenvalue weighted by Crippen LogP contribution is 2.37. The number of methoxy groups -OCH3 is 1. The minimum Gasteiger partial charge on any atom is -0.497 e. The van der Waals surface area contributed by atoms with Gasteiger partial charge in [-0.05, 0) is 36.5 Å². The van der Waals surface area contributed by atoms with Crippen LogP contribution in [0.3, 0.4) is 0 Å². The molecule has 1 unspecified atom stereocenters. The highest BCUT2D eigenvalue weighted by Gasteiger charge is 2.20. The molecule has 0 aliphatic heterocycles. The third-order valence-corrected chi connectivity index (χ3v) is 6.31. The van der Waals surface area contributed by atoms with E-state index in [-0.39, 0.29) is 0 Å². The maximum atomic E-state index is 11.7. The third kappa shape index (κ3) is 5.60. The average Bonchev–Trinajstić information content (AvgIpc) is 3.19. The van der Waals surface area contributed by atoms with Crippen LogP contribution in [0, 0.1) is 5.92 Å². The molecule has 30 heavy (non-hydrogen) atoms. The maximum Gasteiger partial charge on any atom is 0.308 e. The van der Waals surface area contributed by atoms with Crippen LogP contribution in [-0.2, 0) is 11.2 Å². The Bertz CT molecular complexity index is 970. The number of benzene rings is 2. The van der Waals surface area contributed by atoms with Crippen LogP contribution in [0.2, 0.25) is 0 Å². The summed E-state index contributed by atoms with van der Waals surface area (Å²) in [6.45, 7) is 4.63. The van der Waals surface area contributed by atoms with E-state index in [2.05, 4.69) is 19.2 Å². The Kier molecular flexibility index (Phi) is 7.46. The van der Waals surface area contributed by atoms with Gasteiger partial charge in [0.25, 0.3) is 0 Å². The number of aryl methyl sites for hydroxylation is 1. The molecule has 2 aromatic carbocycles. The normalized spacial score (nSPS) is 12.0. The van der Waals surface area contributed by atoms with Crippen molar-refractivity contribution in [3.63, 3.8) is 0 Å². The van der Waals surface area contributed by atoms with Crippen molar-refractivity contribution in [1.82, 2.24) is 4.98 Å². The van der Waals surface area contributed by atoms with Gasteiger partial charge in [-0.25, -0.2) is 4.98 Å². The number of aliphatic carboxylic acids is 1. The zero-order chi connectivity index (χ0) is 21.5. The Labute approximate surface area is 181 Å². The number of carboxylic acid groups (broad SMARTS) is 1.